The maximum Gasteiger partial charge on any atom is 0.472 e. The van der Waals surface area contributed by atoms with Crippen LogP contribution in [0.15, 0.2) is 23.8 Å². The van der Waals surface area contributed by atoms with Gasteiger partial charge < -0.3 is 35.7 Å². The minimum absolute atomic E-state index is 0.0116. The molecule has 246 valence electrons. The molecular weight excluding hydrogens is 661 g/mol. The molecule has 6 heterocycles. The van der Waals surface area contributed by atoms with E-state index < -0.39 is 88.6 Å². The van der Waals surface area contributed by atoms with E-state index in [1.54, 1.807) is 0 Å². The van der Waals surface area contributed by atoms with E-state index in [1.807, 2.05) is 0 Å². The zero-order valence-corrected chi connectivity index (χ0v) is 24.9. The van der Waals surface area contributed by atoms with Gasteiger partial charge in [0.1, 0.15) is 36.3 Å². The van der Waals surface area contributed by atoms with Crippen molar-refractivity contribution in [2.75, 3.05) is 24.7 Å². The SMILES string of the molecule is Nc1nc2c(ncn2[C@@]23C[C@H]2[C@@H]2COP(=O)(O)O[C@H]4[C@@H](F)[C@H](n5cnc6c(N)ncnc65)O[C@@H]4COP(=O)(O)O[C@H]2[C@H]3O)c(=O)[nH]1. The molecule has 2 saturated heterocycles. The smallest absolute Gasteiger partial charge is 0.388 e. The lowest BCUT2D eigenvalue weighted by molar-refractivity contribution is -0.0645. The van der Waals surface area contributed by atoms with Crippen molar-refractivity contribution in [2.45, 2.75) is 48.8 Å². The lowest BCUT2D eigenvalue weighted by Gasteiger charge is -2.31. The van der Waals surface area contributed by atoms with Gasteiger partial charge in [0.15, 0.2) is 35.0 Å². The summed E-state index contributed by atoms with van der Waals surface area (Å²) < 4.78 is 71.8. The number of aliphatic hydroxyl groups is 1. The van der Waals surface area contributed by atoms with Crippen molar-refractivity contribution >= 4 is 49.7 Å². The lowest BCUT2D eigenvalue weighted by Crippen LogP contribution is -2.41. The first-order valence-electron chi connectivity index (χ1n) is 13.7. The second-order valence-electron chi connectivity index (χ2n) is 11.4. The van der Waals surface area contributed by atoms with Crippen LogP contribution >= 0.6 is 15.6 Å². The van der Waals surface area contributed by atoms with Gasteiger partial charge in [0.2, 0.25) is 5.95 Å². The average Bonchev–Trinajstić information content (AvgIpc) is 3.25. The highest BCUT2D eigenvalue weighted by molar-refractivity contribution is 7.47. The number of aliphatic hydroxyl groups excluding tert-OH is 1. The van der Waals surface area contributed by atoms with E-state index in [2.05, 4.69) is 29.9 Å². The Morgan fingerprint density at radius 2 is 1.72 bits per heavy atom. The Bertz CT molecular complexity index is 2040. The molecule has 4 aromatic heterocycles. The number of imidazole rings is 2. The molecule has 0 bridgehead atoms. The van der Waals surface area contributed by atoms with E-state index in [-0.39, 0.29) is 40.5 Å². The third-order valence-corrected chi connectivity index (χ3v) is 10.9. The number of nitrogen functional groups attached to an aromatic ring is 2. The zero-order chi connectivity index (χ0) is 32.3. The molecule has 4 aromatic rings. The number of aromatic amines is 1. The summed E-state index contributed by atoms with van der Waals surface area (Å²) in [6.07, 6.45) is -6.35. The van der Waals surface area contributed by atoms with Crippen molar-refractivity contribution in [1.82, 2.24) is 39.0 Å². The van der Waals surface area contributed by atoms with E-state index in [4.69, 9.17) is 34.3 Å². The van der Waals surface area contributed by atoms with E-state index in [0.717, 1.165) is 10.9 Å². The highest BCUT2D eigenvalue weighted by Gasteiger charge is 2.74. The van der Waals surface area contributed by atoms with Crippen LogP contribution in [0.3, 0.4) is 0 Å². The molecule has 4 aliphatic rings. The molecule has 2 unspecified atom stereocenters. The fourth-order valence-corrected chi connectivity index (χ4v) is 8.81. The van der Waals surface area contributed by atoms with E-state index >= 15 is 4.39 Å². The van der Waals surface area contributed by atoms with Gasteiger partial charge in [0.25, 0.3) is 5.56 Å². The first kappa shape index (κ1) is 29.9. The van der Waals surface area contributed by atoms with Crippen molar-refractivity contribution in [3.63, 3.8) is 0 Å². The number of nitrogens with one attached hydrogen (secondary N) is 1. The van der Waals surface area contributed by atoms with Crippen molar-refractivity contribution in [3.05, 3.63) is 29.3 Å². The molecule has 46 heavy (non-hydrogen) atoms. The number of nitrogens with two attached hydrogens (primary N) is 2. The van der Waals surface area contributed by atoms with Crippen LogP contribution < -0.4 is 17.0 Å². The summed E-state index contributed by atoms with van der Waals surface area (Å²) in [4.78, 5) is 56.2. The Kier molecular flexibility index (Phi) is 6.53. The van der Waals surface area contributed by atoms with Crippen molar-refractivity contribution < 1.29 is 51.2 Å². The van der Waals surface area contributed by atoms with Gasteiger partial charge in [-0.1, -0.05) is 0 Å². The topological polar surface area (TPSA) is 300 Å². The Morgan fingerprint density at radius 1 is 1.00 bits per heavy atom. The molecule has 0 amide bonds. The third kappa shape index (κ3) is 4.44. The molecule has 0 radical (unpaired) electrons. The molecule has 4 fully saturated rings. The molecule has 11 atom stereocenters. The van der Waals surface area contributed by atoms with Gasteiger partial charge in [-0.3, -0.25) is 32.4 Å². The number of anilines is 2. The third-order valence-electron chi connectivity index (χ3n) is 8.93. The number of nitrogens with zero attached hydrogens (tertiary/aromatic N) is 7. The van der Waals surface area contributed by atoms with Gasteiger partial charge in [0, 0.05) is 5.92 Å². The monoisotopic (exact) mass is 686 g/mol. The number of fused-ring (bicyclic) bond motifs is 6. The van der Waals surface area contributed by atoms with Crippen LogP contribution in [0.1, 0.15) is 12.6 Å². The van der Waals surface area contributed by atoms with Crippen LogP contribution in [0.2, 0.25) is 0 Å². The summed E-state index contributed by atoms with van der Waals surface area (Å²) in [7, 11) is -10.1. The Morgan fingerprint density at radius 3 is 2.50 bits per heavy atom. The Balaban J connectivity index is 1.10. The minimum atomic E-state index is -5.06. The van der Waals surface area contributed by atoms with E-state index in [9.17, 15) is 28.8 Å². The fraction of sp³-hybridized carbons (Fsp3) is 0.545. The molecule has 21 nitrogen and oxygen atoms in total. The molecule has 2 saturated carbocycles. The summed E-state index contributed by atoms with van der Waals surface area (Å²) in [6.45, 7) is -1.48. The Labute approximate surface area is 254 Å². The fourth-order valence-electron chi connectivity index (χ4n) is 6.85. The van der Waals surface area contributed by atoms with Crippen molar-refractivity contribution in [3.8, 4) is 0 Å². The molecule has 0 spiro atoms. The first-order chi connectivity index (χ1) is 21.8. The van der Waals surface area contributed by atoms with Crippen LogP contribution in [0.4, 0.5) is 16.2 Å². The van der Waals surface area contributed by atoms with E-state index in [1.165, 1.54) is 17.2 Å². The number of hydrogen-bond acceptors (Lipinski definition) is 16. The lowest BCUT2D eigenvalue weighted by atomic mass is 10.0. The highest BCUT2D eigenvalue weighted by Crippen LogP contribution is 2.68. The summed E-state index contributed by atoms with van der Waals surface area (Å²) >= 11 is 0. The second-order valence-corrected chi connectivity index (χ2v) is 14.2. The maximum absolute atomic E-state index is 15.9. The van der Waals surface area contributed by atoms with Crippen molar-refractivity contribution in [2.24, 2.45) is 11.8 Å². The maximum atomic E-state index is 15.9. The number of alkyl halides is 1. The molecule has 0 aromatic carbocycles. The van der Waals surface area contributed by atoms with Gasteiger partial charge in [-0.25, -0.2) is 33.5 Å². The number of aromatic nitrogens is 8. The van der Waals surface area contributed by atoms with Gasteiger partial charge in [0.05, 0.1) is 31.4 Å². The van der Waals surface area contributed by atoms with Gasteiger partial charge in [-0.05, 0) is 12.3 Å². The molecule has 8 rings (SSSR count). The summed E-state index contributed by atoms with van der Waals surface area (Å²) in [6, 6.07) is 0. The molecule has 24 heteroatoms. The summed E-state index contributed by atoms with van der Waals surface area (Å²) in [5, 5.41) is 11.5. The number of hydrogen-bond donors (Lipinski definition) is 6. The summed E-state index contributed by atoms with van der Waals surface area (Å²) in [5.41, 5.74) is 9.83. The van der Waals surface area contributed by atoms with Gasteiger partial charge >= 0.3 is 15.6 Å². The van der Waals surface area contributed by atoms with Gasteiger partial charge in [-0.15, -0.1) is 0 Å². The van der Waals surface area contributed by atoms with E-state index in [0.29, 0.717) is 0 Å². The van der Waals surface area contributed by atoms with Crippen LogP contribution in [0.5, 0.6) is 0 Å². The molecule has 2 aliphatic heterocycles. The van der Waals surface area contributed by atoms with Crippen LogP contribution in [0, 0.1) is 11.8 Å². The van der Waals surface area contributed by atoms with Gasteiger partial charge in [-0.2, -0.15) is 4.98 Å². The highest BCUT2D eigenvalue weighted by atomic mass is 31.2. The normalized spacial score (nSPS) is 41.0. The number of ether oxygens (including phenoxy) is 1. The van der Waals surface area contributed by atoms with Crippen LogP contribution in [-0.2, 0) is 37.5 Å². The number of phosphoric acid groups is 2. The molecular formula is C22H25FN10O11P2. The average molecular weight is 686 g/mol. The number of halogens is 1. The second kappa shape index (κ2) is 10.0. The van der Waals surface area contributed by atoms with Crippen molar-refractivity contribution in [1.29, 1.82) is 0 Å². The largest absolute Gasteiger partial charge is 0.472 e. The zero-order valence-electron chi connectivity index (χ0n) is 23.1. The number of phosphoric ester groups is 2. The Hall–Kier alpha value is -3.43. The first-order valence-corrected chi connectivity index (χ1v) is 16.7. The molecule has 8 N–H and O–H groups in total. The minimum Gasteiger partial charge on any atom is -0.388 e. The predicted molar refractivity (Wildman–Crippen MR) is 148 cm³/mol. The quantitative estimate of drug-likeness (QED) is 0.139. The standard InChI is InChI=1S/C22H25FN10O11P2/c23-10-14-9(42-20(10)32-5-28-11-16(24)26-4-27-17(11)32)3-41-46(38,39)43-13-7(2-40-45(36,37)44-14)8-1-22(8,15(13)34)33-6-29-12-18(33)30-21(25)31-19(12)35/h4-10,13-15,20,34H,1-3H2,(H,36,37)(H,38,39)(H2,24,26,27)(H3,25,30,31,35)/t7-,8-,9+,10+,13+,14+,15+,20+,22-/m0/s1. The predicted octanol–water partition coefficient (Wildman–Crippen LogP) is -0.917. The molecule has 2 aliphatic carbocycles. The number of H-pyrrole nitrogens is 1. The number of rotatable bonds is 2. The summed E-state index contributed by atoms with van der Waals surface area (Å²) in [5.74, 6) is -1.79. The van der Waals surface area contributed by atoms with Crippen LogP contribution in [0.25, 0.3) is 22.3 Å². The van der Waals surface area contributed by atoms with Crippen LogP contribution in [-0.4, -0.2) is 97.7 Å².